The van der Waals surface area contributed by atoms with E-state index in [1.54, 1.807) is 18.2 Å². The zero-order valence-corrected chi connectivity index (χ0v) is 17.7. The summed E-state index contributed by atoms with van der Waals surface area (Å²) in [4.78, 5) is 16.9. The largest absolute Gasteiger partial charge is 0.457 e. The summed E-state index contributed by atoms with van der Waals surface area (Å²) in [7, 11) is -3.59. The summed E-state index contributed by atoms with van der Waals surface area (Å²) in [6, 6.07) is 5.03. The first-order chi connectivity index (χ1) is 13.9. The topological polar surface area (TPSA) is 90.7 Å². The molecular formula is C20H27N3O5S. The lowest BCUT2D eigenvalue weighted by Crippen LogP contribution is -2.40. The van der Waals surface area contributed by atoms with Crippen molar-refractivity contribution >= 4 is 27.0 Å². The van der Waals surface area contributed by atoms with Gasteiger partial charge in [0.05, 0.1) is 35.1 Å². The molecule has 1 saturated carbocycles. The molecule has 2 aromatic rings. The summed E-state index contributed by atoms with van der Waals surface area (Å²) < 4.78 is 40.1. The van der Waals surface area contributed by atoms with E-state index in [0.717, 1.165) is 24.9 Å². The second-order valence-corrected chi connectivity index (χ2v) is 9.71. The van der Waals surface area contributed by atoms with Crippen molar-refractivity contribution in [3.8, 4) is 0 Å². The van der Waals surface area contributed by atoms with Crippen LogP contribution in [0.4, 0.5) is 0 Å². The van der Waals surface area contributed by atoms with Crippen molar-refractivity contribution in [3.63, 3.8) is 0 Å². The van der Waals surface area contributed by atoms with E-state index < -0.39 is 10.0 Å². The van der Waals surface area contributed by atoms with Crippen LogP contribution in [0, 0.1) is 11.8 Å². The van der Waals surface area contributed by atoms with Gasteiger partial charge in [0.15, 0.2) is 0 Å². The fraction of sp³-hybridized carbons (Fsp3) is 0.600. The summed E-state index contributed by atoms with van der Waals surface area (Å²) in [6.07, 6.45) is 1.77. The predicted molar refractivity (Wildman–Crippen MR) is 107 cm³/mol. The normalized spacial score (nSPS) is 22.7. The Bertz CT molecular complexity index is 1010. The number of imidazole rings is 1. The number of carbonyl (C=O) groups is 1. The maximum absolute atomic E-state index is 12.9. The van der Waals surface area contributed by atoms with E-state index in [1.165, 1.54) is 4.31 Å². The van der Waals surface area contributed by atoms with Crippen molar-refractivity contribution in [2.45, 2.75) is 44.7 Å². The fourth-order valence-electron chi connectivity index (χ4n) is 3.73. The van der Waals surface area contributed by atoms with Crippen LogP contribution >= 0.6 is 0 Å². The number of hydrogen-bond donors (Lipinski definition) is 0. The third kappa shape index (κ3) is 4.04. The molecule has 1 saturated heterocycles. The minimum Gasteiger partial charge on any atom is -0.457 e. The lowest BCUT2D eigenvalue weighted by Gasteiger charge is -2.26. The van der Waals surface area contributed by atoms with E-state index in [0.29, 0.717) is 43.6 Å². The number of esters is 1. The molecule has 2 heterocycles. The van der Waals surface area contributed by atoms with Crippen LogP contribution in [0.2, 0.25) is 0 Å². The molecule has 0 N–H and O–H groups in total. The Labute approximate surface area is 170 Å². The highest BCUT2D eigenvalue weighted by Gasteiger charge is 2.40. The number of aryl methyl sites for hydroxylation is 1. The van der Waals surface area contributed by atoms with Crippen LogP contribution in [-0.4, -0.2) is 54.5 Å². The number of carbonyl (C=O) groups excluding carboxylic acids is 1. The Kier molecular flexibility index (Phi) is 5.63. The van der Waals surface area contributed by atoms with Crippen molar-refractivity contribution in [3.05, 3.63) is 24.0 Å². The van der Waals surface area contributed by atoms with Gasteiger partial charge in [0, 0.05) is 19.6 Å². The van der Waals surface area contributed by atoms with E-state index in [1.807, 2.05) is 11.5 Å². The first-order valence-corrected chi connectivity index (χ1v) is 11.6. The van der Waals surface area contributed by atoms with Gasteiger partial charge in [0.25, 0.3) is 0 Å². The van der Waals surface area contributed by atoms with Crippen LogP contribution in [0.25, 0.3) is 11.0 Å². The molecule has 4 rings (SSSR count). The lowest BCUT2D eigenvalue weighted by molar-refractivity contribution is -0.147. The second-order valence-electron chi connectivity index (χ2n) is 7.77. The van der Waals surface area contributed by atoms with Gasteiger partial charge in [-0.3, -0.25) is 4.79 Å². The number of benzene rings is 1. The lowest BCUT2D eigenvalue weighted by atomic mass is 10.3. The third-order valence-electron chi connectivity index (χ3n) is 5.61. The minimum atomic E-state index is -3.59. The first-order valence-electron chi connectivity index (χ1n) is 10.2. The molecule has 29 heavy (non-hydrogen) atoms. The smallest absolute Gasteiger partial charge is 0.309 e. The summed E-state index contributed by atoms with van der Waals surface area (Å²) in [6.45, 7) is 6.43. The number of aromatic nitrogens is 2. The van der Waals surface area contributed by atoms with Gasteiger partial charge in [-0.05, 0) is 37.0 Å². The molecule has 8 nitrogen and oxygen atoms in total. The minimum absolute atomic E-state index is 0.00396. The van der Waals surface area contributed by atoms with E-state index in [-0.39, 0.29) is 23.4 Å². The van der Waals surface area contributed by atoms with Crippen molar-refractivity contribution in [1.82, 2.24) is 13.9 Å². The molecule has 1 aliphatic carbocycles. The predicted octanol–water partition coefficient (Wildman–Crippen LogP) is 2.17. The van der Waals surface area contributed by atoms with Crippen LogP contribution in [0.5, 0.6) is 0 Å². The van der Waals surface area contributed by atoms with Crippen LogP contribution in [0.1, 0.15) is 32.5 Å². The number of nitrogens with zero attached hydrogens (tertiary/aromatic N) is 3. The van der Waals surface area contributed by atoms with Crippen LogP contribution in [0.3, 0.4) is 0 Å². The molecule has 1 aliphatic heterocycles. The summed E-state index contributed by atoms with van der Waals surface area (Å²) in [5, 5.41) is 0. The highest BCUT2D eigenvalue weighted by molar-refractivity contribution is 7.89. The number of rotatable bonds is 7. The van der Waals surface area contributed by atoms with Gasteiger partial charge in [-0.1, -0.05) is 13.8 Å². The highest BCUT2D eigenvalue weighted by atomic mass is 32.2. The maximum atomic E-state index is 12.9. The van der Waals surface area contributed by atoms with Crippen LogP contribution in [0.15, 0.2) is 23.1 Å². The molecule has 1 aromatic carbocycles. The SMILES string of the molecule is CCCn1c(COC(=O)[C@@H]2C[C@H]2C)nc2cc(S(=O)(=O)N3CCOCC3)ccc21. The van der Waals surface area contributed by atoms with Gasteiger partial charge in [0.2, 0.25) is 10.0 Å². The Balaban J connectivity index is 1.61. The summed E-state index contributed by atoms with van der Waals surface area (Å²) >= 11 is 0. The number of morpholine rings is 1. The average molecular weight is 422 g/mol. The zero-order valence-electron chi connectivity index (χ0n) is 16.8. The van der Waals surface area contributed by atoms with Gasteiger partial charge < -0.3 is 14.0 Å². The average Bonchev–Trinajstić information content (AvgIpc) is 3.36. The molecule has 0 radical (unpaired) electrons. The van der Waals surface area contributed by atoms with Crippen molar-refractivity contribution in [2.24, 2.45) is 11.8 Å². The van der Waals surface area contributed by atoms with Gasteiger partial charge in [-0.15, -0.1) is 0 Å². The standard InChI is InChI=1S/C20H27N3O5S/c1-3-6-23-18-5-4-15(29(25,26)22-7-9-27-10-8-22)12-17(18)21-19(23)13-28-20(24)16-11-14(16)2/h4-5,12,14,16H,3,6-11,13H2,1-2H3/t14-,16-/m1/s1. The number of ether oxygens (including phenoxy) is 2. The van der Waals surface area contributed by atoms with Gasteiger partial charge >= 0.3 is 5.97 Å². The molecule has 2 fully saturated rings. The molecule has 0 spiro atoms. The molecule has 158 valence electrons. The van der Waals surface area contributed by atoms with Crippen molar-refractivity contribution in [2.75, 3.05) is 26.3 Å². The van der Waals surface area contributed by atoms with E-state index in [2.05, 4.69) is 11.9 Å². The van der Waals surface area contributed by atoms with Gasteiger partial charge in [-0.2, -0.15) is 4.31 Å². The van der Waals surface area contributed by atoms with Crippen molar-refractivity contribution in [1.29, 1.82) is 0 Å². The van der Waals surface area contributed by atoms with Crippen molar-refractivity contribution < 1.29 is 22.7 Å². The van der Waals surface area contributed by atoms with Crippen LogP contribution in [-0.2, 0) is 37.4 Å². The van der Waals surface area contributed by atoms with Gasteiger partial charge in [-0.25, -0.2) is 13.4 Å². The Morgan fingerprint density at radius 3 is 2.69 bits per heavy atom. The van der Waals surface area contributed by atoms with Gasteiger partial charge in [0.1, 0.15) is 12.4 Å². The molecule has 9 heteroatoms. The van der Waals surface area contributed by atoms with E-state index in [4.69, 9.17) is 9.47 Å². The molecule has 1 aromatic heterocycles. The summed E-state index contributed by atoms with van der Waals surface area (Å²) in [5.41, 5.74) is 1.44. The quantitative estimate of drug-likeness (QED) is 0.637. The number of fused-ring (bicyclic) bond motifs is 1. The molecule has 0 amide bonds. The molecule has 2 aliphatic rings. The zero-order chi connectivity index (χ0) is 20.6. The molecule has 2 atom stereocenters. The second kappa shape index (κ2) is 8.04. The van der Waals surface area contributed by atoms with E-state index >= 15 is 0 Å². The third-order valence-corrected chi connectivity index (χ3v) is 7.50. The Hall–Kier alpha value is -1.97. The number of sulfonamides is 1. The summed E-state index contributed by atoms with van der Waals surface area (Å²) in [5.74, 6) is 0.863. The molecular weight excluding hydrogens is 394 g/mol. The monoisotopic (exact) mass is 421 g/mol. The highest BCUT2D eigenvalue weighted by Crippen LogP contribution is 2.38. The molecule has 0 bridgehead atoms. The van der Waals surface area contributed by atoms with E-state index in [9.17, 15) is 13.2 Å². The first kappa shape index (κ1) is 20.3. The Morgan fingerprint density at radius 2 is 2.03 bits per heavy atom. The molecule has 0 unspecified atom stereocenters. The van der Waals surface area contributed by atoms with Crippen LogP contribution < -0.4 is 0 Å². The Morgan fingerprint density at radius 1 is 1.31 bits per heavy atom. The maximum Gasteiger partial charge on any atom is 0.309 e. The fourth-order valence-corrected chi connectivity index (χ4v) is 5.16. The number of hydrogen-bond acceptors (Lipinski definition) is 6.